The van der Waals surface area contributed by atoms with Crippen LogP contribution >= 0.6 is 11.6 Å². The van der Waals surface area contributed by atoms with E-state index in [0.29, 0.717) is 5.02 Å². The minimum absolute atomic E-state index is 0.681. The Morgan fingerprint density at radius 1 is 1.11 bits per heavy atom. The first-order chi connectivity index (χ1) is 8.71. The summed E-state index contributed by atoms with van der Waals surface area (Å²) in [5.74, 6) is 0.770. The number of ether oxygens (including phenoxy) is 1. The van der Waals surface area contributed by atoms with Crippen LogP contribution in [0.15, 0.2) is 18.2 Å². The maximum Gasteiger partial charge on any atom is 0.137 e. The molecule has 0 bridgehead atoms. The highest BCUT2D eigenvalue weighted by atomic mass is 35.5. The van der Waals surface area contributed by atoms with Gasteiger partial charge in [-0.1, -0.05) is 31.5 Å². The van der Waals surface area contributed by atoms with Gasteiger partial charge in [-0.25, -0.2) is 0 Å². The van der Waals surface area contributed by atoms with Gasteiger partial charge in [0.1, 0.15) is 5.75 Å². The first-order valence-corrected chi connectivity index (χ1v) is 7.13. The van der Waals surface area contributed by atoms with Crippen molar-refractivity contribution in [1.29, 1.82) is 0 Å². The molecule has 0 saturated carbocycles. The van der Waals surface area contributed by atoms with E-state index in [1.54, 1.807) is 7.11 Å². The van der Waals surface area contributed by atoms with E-state index in [1.165, 1.54) is 31.5 Å². The van der Waals surface area contributed by atoms with Crippen LogP contribution in [0.5, 0.6) is 5.75 Å². The Morgan fingerprint density at radius 2 is 1.78 bits per heavy atom. The highest BCUT2D eigenvalue weighted by Gasteiger charge is 2.05. The van der Waals surface area contributed by atoms with E-state index >= 15 is 0 Å². The van der Waals surface area contributed by atoms with E-state index in [-0.39, 0.29) is 0 Å². The van der Waals surface area contributed by atoms with Gasteiger partial charge in [0.2, 0.25) is 0 Å². The van der Waals surface area contributed by atoms with Gasteiger partial charge in [0.25, 0.3) is 0 Å². The SMILES string of the molecule is CCCN(CCC)CCc1ccc(Cl)c(OC)c1. The number of hydrogen-bond acceptors (Lipinski definition) is 2. The summed E-state index contributed by atoms with van der Waals surface area (Å²) in [6.07, 6.45) is 3.47. The molecule has 1 aromatic carbocycles. The summed E-state index contributed by atoms with van der Waals surface area (Å²) < 4.78 is 5.24. The van der Waals surface area contributed by atoms with Crippen LogP contribution in [0, 0.1) is 0 Å². The molecule has 0 heterocycles. The monoisotopic (exact) mass is 269 g/mol. The normalized spacial score (nSPS) is 10.9. The van der Waals surface area contributed by atoms with Crippen molar-refractivity contribution in [2.24, 2.45) is 0 Å². The predicted octanol–water partition coefficient (Wildman–Crippen LogP) is 4.01. The molecule has 0 saturated heterocycles. The molecular formula is C15H24ClNO. The predicted molar refractivity (Wildman–Crippen MR) is 78.7 cm³/mol. The fourth-order valence-corrected chi connectivity index (χ4v) is 2.31. The molecule has 0 radical (unpaired) electrons. The second-order valence-electron chi connectivity index (χ2n) is 4.56. The average molecular weight is 270 g/mol. The lowest BCUT2D eigenvalue weighted by molar-refractivity contribution is 0.278. The van der Waals surface area contributed by atoms with E-state index in [2.05, 4.69) is 24.8 Å². The van der Waals surface area contributed by atoms with E-state index in [4.69, 9.17) is 16.3 Å². The zero-order chi connectivity index (χ0) is 13.4. The van der Waals surface area contributed by atoms with Gasteiger partial charge in [-0.15, -0.1) is 0 Å². The number of rotatable bonds is 8. The van der Waals surface area contributed by atoms with Gasteiger partial charge < -0.3 is 9.64 Å². The average Bonchev–Trinajstić information content (AvgIpc) is 2.38. The van der Waals surface area contributed by atoms with Crippen molar-refractivity contribution in [2.75, 3.05) is 26.7 Å². The third-order valence-corrected chi connectivity index (χ3v) is 3.32. The van der Waals surface area contributed by atoms with Gasteiger partial charge in [0, 0.05) is 6.54 Å². The Hall–Kier alpha value is -0.730. The molecule has 0 amide bonds. The minimum Gasteiger partial charge on any atom is -0.495 e. The number of halogens is 1. The third kappa shape index (κ3) is 4.87. The highest BCUT2D eigenvalue weighted by molar-refractivity contribution is 6.32. The Bertz CT molecular complexity index is 348. The van der Waals surface area contributed by atoms with Crippen LogP contribution < -0.4 is 4.74 Å². The van der Waals surface area contributed by atoms with Crippen LogP contribution in [0.2, 0.25) is 5.02 Å². The summed E-state index contributed by atoms with van der Waals surface area (Å²) in [7, 11) is 1.66. The van der Waals surface area contributed by atoms with Crippen molar-refractivity contribution in [1.82, 2.24) is 4.90 Å². The fourth-order valence-electron chi connectivity index (χ4n) is 2.11. The first kappa shape index (κ1) is 15.3. The van der Waals surface area contributed by atoms with Crippen molar-refractivity contribution in [3.8, 4) is 5.75 Å². The summed E-state index contributed by atoms with van der Waals surface area (Å²) in [6.45, 7) is 7.92. The first-order valence-electron chi connectivity index (χ1n) is 6.76. The molecule has 3 heteroatoms. The highest BCUT2D eigenvalue weighted by Crippen LogP contribution is 2.25. The largest absolute Gasteiger partial charge is 0.495 e. The van der Waals surface area contributed by atoms with Crippen molar-refractivity contribution in [2.45, 2.75) is 33.1 Å². The number of hydrogen-bond donors (Lipinski definition) is 0. The number of methoxy groups -OCH3 is 1. The van der Waals surface area contributed by atoms with E-state index in [9.17, 15) is 0 Å². The third-order valence-electron chi connectivity index (χ3n) is 3.01. The van der Waals surface area contributed by atoms with Gasteiger partial charge in [-0.2, -0.15) is 0 Å². The minimum atomic E-state index is 0.681. The van der Waals surface area contributed by atoms with Gasteiger partial charge in [0.15, 0.2) is 0 Å². The van der Waals surface area contributed by atoms with Crippen molar-refractivity contribution < 1.29 is 4.74 Å². The topological polar surface area (TPSA) is 12.5 Å². The molecule has 0 aliphatic carbocycles. The smallest absolute Gasteiger partial charge is 0.137 e. The van der Waals surface area contributed by atoms with Gasteiger partial charge in [-0.3, -0.25) is 0 Å². The number of benzene rings is 1. The lowest BCUT2D eigenvalue weighted by atomic mass is 10.1. The summed E-state index contributed by atoms with van der Waals surface area (Å²) in [5, 5.41) is 0.681. The standard InChI is InChI=1S/C15H24ClNO/c1-4-9-17(10-5-2)11-8-13-6-7-14(16)15(12-13)18-3/h6-7,12H,4-5,8-11H2,1-3H3. The second-order valence-corrected chi connectivity index (χ2v) is 4.97. The van der Waals surface area contributed by atoms with Crippen LogP contribution in [0.4, 0.5) is 0 Å². The maximum atomic E-state index is 6.02. The van der Waals surface area contributed by atoms with E-state index in [0.717, 1.165) is 18.7 Å². The molecule has 0 N–H and O–H groups in total. The van der Waals surface area contributed by atoms with Gasteiger partial charge >= 0.3 is 0 Å². The van der Waals surface area contributed by atoms with E-state index < -0.39 is 0 Å². The second kappa shape index (κ2) is 8.39. The lowest BCUT2D eigenvalue weighted by Crippen LogP contribution is -2.27. The van der Waals surface area contributed by atoms with Crippen molar-refractivity contribution in [3.63, 3.8) is 0 Å². The molecular weight excluding hydrogens is 246 g/mol. The maximum absolute atomic E-state index is 6.02. The Kier molecular flexibility index (Phi) is 7.14. The Balaban J connectivity index is 2.55. The van der Waals surface area contributed by atoms with Gasteiger partial charge in [0.05, 0.1) is 12.1 Å². The zero-order valence-corrected chi connectivity index (χ0v) is 12.5. The molecule has 0 fully saturated rings. The molecule has 1 aromatic rings. The van der Waals surface area contributed by atoms with E-state index in [1.807, 2.05) is 12.1 Å². The fraction of sp³-hybridized carbons (Fsp3) is 0.600. The molecule has 18 heavy (non-hydrogen) atoms. The Morgan fingerprint density at radius 3 is 2.33 bits per heavy atom. The zero-order valence-electron chi connectivity index (χ0n) is 11.7. The van der Waals surface area contributed by atoms with Crippen molar-refractivity contribution in [3.05, 3.63) is 28.8 Å². The molecule has 0 aromatic heterocycles. The molecule has 0 spiro atoms. The Labute approximate surface area is 116 Å². The van der Waals surface area contributed by atoms with Crippen LogP contribution in [0.1, 0.15) is 32.3 Å². The summed E-state index contributed by atoms with van der Waals surface area (Å²) in [5.41, 5.74) is 1.29. The summed E-state index contributed by atoms with van der Waals surface area (Å²) in [4.78, 5) is 2.51. The molecule has 102 valence electrons. The molecule has 2 nitrogen and oxygen atoms in total. The van der Waals surface area contributed by atoms with Crippen molar-refractivity contribution >= 4 is 11.6 Å². The summed E-state index contributed by atoms with van der Waals surface area (Å²) >= 11 is 6.02. The molecule has 1 rings (SSSR count). The van der Waals surface area contributed by atoms with Crippen LogP contribution in [0.3, 0.4) is 0 Å². The molecule has 0 unspecified atom stereocenters. The summed E-state index contributed by atoms with van der Waals surface area (Å²) in [6, 6.07) is 6.04. The van der Waals surface area contributed by atoms with Crippen LogP contribution in [-0.4, -0.2) is 31.6 Å². The molecule has 0 atom stereocenters. The molecule has 0 aliphatic rings. The van der Waals surface area contributed by atoms with Crippen LogP contribution in [-0.2, 0) is 6.42 Å². The van der Waals surface area contributed by atoms with Crippen LogP contribution in [0.25, 0.3) is 0 Å². The number of nitrogens with zero attached hydrogens (tertiary/aromatic N) is 1. The molecule has 0 aliphatic heterocycles. The van der Waals surface area contributed by atoms with Gasteiger partial charge in [-0.05, 0) is 50.0 Å². The lowest BCUT2D eigenvalue weighted by Gasteiger charge is -2.20. The quantitative estimate of drug-likeness (QED) is 0.707.